The maximum absolute atomic E-state index is 13.0. The molecule has 1 aromatic heterocycles. The first kappa shape index (κ1) is 19.9. The molecular weight excluding hydrogens is 331 g/mol. The van der Waals surface area contributed by atoms with E-state index < -0.39 is 8.32 Å². The largest absolute Gasteiger partial charge is 0.416 e. The van der Waals surface area contributed by atoms with Gasteiger partial charge in [0, 0.05) is 13.0 Å². The summed E-state index contributed by atoms with van der Waals surface area (Å²) in [6, 6.07) is 6.45. The van der Waals surface area contributed by atoms with Crippen molar-refractivity contribution >= 4 is 8.32 Å². The highest BCUT2D eigenvalue weighted by Crippen LogP contribution is 2.42. The Balaban J connectivity index is 2.03. The van der Waals surface area contributed by atoms with Crippen molar-refractivity contribution in [2.75, 3.05) is 6.61 Å². The van der Waals surface area contributed by atoms with Crippen LogP contribution in [0.25, 0.3) is 11.3 Å². The van der Waals surface area contributed by atoms with Crippen LogP contribution in [-0.4, -0.2) is 24.9 Å². The summed E-state index contributed by atoms with van der Waals surface area (Å²) in [5.41, 5.74) is 3.60. The molecule has 1 aromatic carbocycles. The summed E-state index contributed by atoms with van der Waals surface area (Å²) in [5, 5.41) is 0. The van der Waals surface area contributed by atoms with Crippen LogP contribution in [0.5, 0.6) is 0 Å². The summed E-state index contributed by atoms with van der Waals surface area (Å²) in [7, 11) is -1.83. The zero-order valence-electron chi connectivity index (χ0n) is 16.3. The normalized spacial score (nSPS) is 12.6. The molecule has 0 aliphatic heterocycles. The Labute approximate surface area is 152 Å². The SMILES string of the molecule is CC(C)[Si](OCCc1ncc(-c2ccc(F)cc2)[nH]1)(C(C)C)C(C)C. The van der Waals surface area contributed by atoms with Gasteiger partial charge in [-0.3, -0.25) is 0 Å². The van der Waals surface area contributed by atoms with Crippen molar-refractivity contribution in [1.29, 1.82) is 0 Å². The number of hydrogen-bond donors (Lipinski definition) is 1. The molecule has 0 radical (unpaired) electrons. The summed E-state index contributed by atoms with van der Waals surface area (Å²) < 4.78 is 19.6. The molecule has 0 atom stereocenters. The number of H-pyrrole nitrogens is 1. The number of nitrogens with one attached hydrogen (secondary N) is 1. The molecule has 0 aliphatic carbocycles. The van der Waals surface area contributed by atoms with Crippen LogP contribution >= 0.6 is 0 Å². The van der Waals surface area contributed by atoms with E-state index in [0.717, 1.165) is 23.5 Å². The third-order valence-corrected chi connectivity index (χ3v) is 11.3. The second-order valence-corrected chi connectivity index (χ2v) is 13.1. The van der Waals surface area contributed by atoms with Gasteiger partial charge in [0.25, 0.3) is 0 Å². The Hall–Kier alpha value is -1.46. The number of benzene rings is 1. The van der Waals surface area contributed by atoms with Crippen LogP contribution in [0.1, 0.15) is 47.4 Å². The summed E-state index contributed by atoms with van der Waals surface area (Å²) in [6.07, 6.45) is 2.57. The molecule has 5 heteroatoms. The van der Waals surface area contributed by atoms with E-state index in [9.17, 15) is 4.39 Å². The molecule has 0 unspecified atom stereocenters. The van der Waals surface area contributed by atoms with Crippen molar-refractivity contribution in [3.8, 4) is 11.3 Å². The van der Waals surface area contributed by atoms with E-state index in [1.807, 2.05) is 0 Å². The van der Waals surface area contributed by atoms with E-state index in [1.165, 1.54) is 12.1 Å². The zero-order valence-corrected chi connectivity index (χ0v) is 17.3. The first-order valence-electron chi connectivity index (χ1n) is 9.21. The van der Waals surface area contributed by atoms with Gasteiger partial charge in [0.1, 0.15) is 11.6 Å². The van der Waals surface area contributed by atoms with E-state index in [2.05, 4.69) is 51.5 Å². The highest BCUT2D eigenvalue weighted by atomic mass is 28.4. The molecule has 0 bridgehead atoms. The monoisotopic (exact) mass is 362 g/mol. The predicted octanol–water partition coefficient (Wildman–Crippen LogP) is 5.95. The molecule has 1 heterocycles. The van der Waals surface area contributed by atoms with Gasteiger partial charge in [-0.2, -0.15) is 0 Å². The lowest BCUT2D eigenvalue weighted by atomic mass is 10.2. The number of aromatic amines is 1. The molecule has 0 spiro atoms. The van der Waals surface area contributed by atoms with E-state index in [0.29, 0.717) is 23.2 Å². The fourth-order valence-corrected chi connectivity index (χ4v) is 9.55. The molecule has 0 fully saturated rings. The van der Waals surface area contributed by atoms with Crippen LogP contribution < -0.4 is 0 Å². The van der Waals surface area contributed by atoms with E-state index in [4.69, 9.17) is 4.43 Å². The molecule has 25 heavy (non-hydrogen) atoms. The Morgan fingerprint density at radius 2 is 1.56 bits per heavy atom. The molecule has 0 aliphatic rings. The van der Waals surface area contributed by atoms with Crippen LogP contribution in [-0.2, 0) is 10.8 Å². The van der Waals surface area contributed by atoms with Crippen molar-refractivity contribution in [2.24, 2.45) is 0 Å². The Bertz CT molecular complexity index is 643. The number of halogens is 1. The Morgan fingerprint density at radius 1 is 1.00 bits per heavy atom. The van der Waals surface area contributed by atoms with Gasteiger partial charge in [-0.25, -0.2) is 9.37 Å². The Kier molecular flexibility index (Phi) is 6.57. The van der Waals surface area contributed by atoms with Crippen molar-refractivity contribution in [3.63, 3.8) is 0 Å². The van der Waals surface area contributed by atoms with Crippen LogP contribution in [0.15, 0.2) is 30.5 Å². The van der Waals surface area contributed by atoms with Gasteiger partial charge in [0.2, 0.25) is 0 Å². The molecule has 138 valence electrons. The molecule has 1 N–H and O–H groups in total. The molecule has 0 amide bonds. The van der Waals surface area contributed by atoms with Crippen molar-refractivity contribution < 1.29 is 8.82 Å². The van der Waals surface area contributed by atoms with E-state index in [-0.39, 0.29) is 5.82 Å². The smallest absolute Gasteiger partial charge is 0.200 e. The molecule has 0 saturated carbocycles. The quantitative estimate of drug-likeness (QED) is 0.589. The van der Waals surface area contributed by atoms with Crippen molar-refractivity contribution in [1.82, 2.24) is 9.97 Å². The van der Waals surface area contributed by atoms with Gasteiger partial charge in [-0.1, -0.05) is 41.5 Å². The topological polar surface area (TPSA) is 37.9 Å². The molecule has 0 saturated heterocycles. The van der Waals surface area contributed by atoms with Gasteiger partial charge in [0.15, 0.2) is 8.32 Å². The maximum atomic E-state index is 13.0. The highest BCUT2D eigenvalue weighted by molar-refractivity contribution is 6.77. The molecular formula is C20H31FN2OSi. The van der Waals surface area contributed by atoms with Gasteiger partial charge < -0.3 is 9.41 Å². The molecule has 2 rings (SSSR count). The number of hydrogen-bond acceptors (Lipinski definition) is 2. The first-order chi connectivity index (χ1) is 11.8. The Morgan fingerprint density at radius 3 is 2.08 bits per heavy atom. The van der Waals surface area contributed by atoms with Crippen molar-refractivity contribution in [2.45, 2.75) is 64.6 Å². The van der Waals surface area contributed by atoms with Crippen LogP contribution in [0.3, 0.4) is 0 Å². The molecule has 2 aromatic rings. The summed E-state index contributed by atoms with van der Waals surface area (Å²) in [5.74, 6) is 0.688. The fourth-order valence-electron chi connectivity index (χ4n) is 4.09. The highest BCUT2D eigenvalue weighted by Gasteiger charge is 2.44. The second kappa shape index (κ2) is 8.28. The minimum Gasteiger partial charge on any atom is -0.416 e. The van der Waals surface area contributed by atoms with Gasteiger partial charge >= 0.3 is 0 Å². The van der Waals surface area contributed by atoms with Crippen molar-refractivity contribution in [3.05, 3.63) is 42.1 Å². The lowest BCUT2D eigenvalue weighted by Crippen LogP contribution is -2.48. The van der Waals surface area contributed by atoms with Gasteiger partial charge in [0.05, 0.1) is 11.9 Å². The van der Waals surface area contributed by atoms with Crippen LogP contribution in [0, 0.1) is 5.82 Å². The maximum Gasteiger partial charge on any atom is 0.200 e. The summed E-state index contributed by atoms with van der Waals surface area (Å²) in [6.45, 7) is 14.5. The van der Waals surface area contributed by atoms with E-state index in [1.54, 1.807) is 18.3 Å². The fraction of sp³-hybridized carbons (Fsp3) is 0.550. The standard InChI is InChI=1S/C20H31FN2OSi/c1-14(2)25(15(3)4,16(5)6)24-12-11-20-22-13-19(23-20)17-7-9-18(21)10-8-17/h7-10,13-16H,11-12H2,1-6H3,(H,22,23). The average molecular weight is 363 g/mol. The lowest BCUT2D eigenvalue weighted by molar-refractivity contribution is 0.279. The first-order valence-corrected chi connectivity index (χ1v) is 11.3. The number of aromatic nitrogens is 2. The van der Waals surface area contributed by atoms with Crippen LogP contribution in [0.2, 0.25) is 16.6 Å². The third kappa shape index (κ3) is 4.39. The average Bonchev–Trinajstić information content (AvgIpc) is 3.00. The van der Waals surface area contributed by atoms with Gasteiger partial charge in [-0.15, -0.1) is 0 Å². The van der Waals surface area contributed by atoms with E-state index >= 15 is 0 Å². The minimum absolute atomic E-state index is 0.228. The third-order valence-electron chi connectivity index (χ3n) is 5.18. The summed E-state index contributed by atoms with van der Waals surface area (Å²) >= 11 is 0. The lowest BCUT2D eigenvalue weighted by Gasteiger charge is -2.42. The number of nitrogens with zero attached hydrogens (tertiary/aromatic N) is 1. The minimum atomic E-state index is -1.83. The predicted molar refractivity (Wildman–Crippen MR) is 105 cm³/mol. The second-order valence-electron chi connectivity index (χ2n) is 7.67. The summed E-state index contributed by atoms with van der Waals surface area (Å²) in [4.78, 5) is 7.78. The number of imidazole rings is 1. The van der Waals surface area contributed by atoms with Gasteiger partial charge in [-0.05, 0) is 46.5 Å². The molecule has 3 nitrogen and oxygen atoms in total. The number of rotatable bonds is 8. The van der Waals surface area contributed by atoms with Crippen LogP contribution in [0.4, 0.5) is 4.39 Å². The zero-order chi connectivity index (χ0) is 18.6.